The number of hydrogen-bond acceptors (Lipinski definition) is 4. The van der Waals surface area contributed by atoms with Crippen molar-refractivity contribution in [3.05, 3.63) is 29.3 Å². The molecule has 0 aromatic heterocycles. The molecule has 0 radical (unpaired) electrons. The van der Waals surface area contributed by atoms with Gasteiger partial charge in [-0.25, -0.2) is 4.79 Å². The Kier molecular flexibility index (Phi) is 7.19. The summed E-state index contributed by atoms with van der Waals surface area (Å²) in [7, 11) is 5.72. The van der Waals surface area contributed by atoms with Crippen LogP contribution < -0.4 is 4.74 Å². The highest BCUT2D eigenvalue weighted by atomic mass is 16.5. The van der Waals surface area contributed by atoms with E-state index in [0.717, 1.165) is 37.4 Å². The second-order valence-corrected chi connectivity index (χ2v) is 5.41. The van der Waals surface area contributed by atoms with Crippen LogP contribution in [0.25, 0.3) is 0 Å². The number of rotatable bonds is 9. The van der Waals surface area contributed by atoms with Crippen molar-refractivity contribution < 1.29 is 14.6 Å². The van der Waals surface area contributed by atoms with Gasteiger partial charge in [-0.2, -0.15) is 0 Å². The summed E-state index contributed by atoms with van der Waals surface area (Å²) in [4.78, 5) is 15.6. The average Bonchev–Trinajstić information content (AvgIpc) is 2.44. The summed E-state index contributed by atoms with van der Waals surface area (Å²) in [5, 5.41) is 9.13. The van der Waals surface area contributed by atoms with Crippen molar-refractivity contribution in [2.24, 2.45) is 0 Å². The van der Waals surface area contributed by atoms with Crippen molar-refractivity contribution in [2.75, 3.05) is 40.8 Å². The summed E-state index contributed by atoms with van der Waals surface area (Å²) in [5.74, 6) is -0.166. The fourth-order valence-corrected chi connectivity index (χ4v) is 2.20. The number of likely N-dealkylation sites (N-methyl/N-ethyl adjacent to an activating group) is 1. The van der Waals surface area contributed by atoms with E-state index in [9.17, 15) is 4.79 Å². The van der Waals surface area contributed by atoms with E-state index in [1.165, 1.54) is 0 Å². The molecule has 1 aromatic rings. The average molecular weight is 294 g/mol. The second-order valence-electron chi connectivity index (χ2n) is 5.41. The van der Waals surface area contributed by atoms with Crippen LogP contribution in [-0.2, 0) is 6.54 Å². The molecular formula is C16H26N2O3. The van der Waals surface area contributed by atoms with E-state index in [1.807, 2.05) is 0 Å². The fourth-order valence-electron chi connectivity index (χ4n) is 2.20. The maximum absolute atomic E-state index is 11.1. The van der Waals surface area contributed by atoms with E-state index in [2.05, 4.69) is 30.8 Å². The lowest BCUT2D eigenvalue weighted by Crippen LogP contribution is -2.32. The van der Waals surface area contributed by atoms with E-state index in [-0.39, 0.29) is 0 Å². The third kappa shape index (κ3) is 5.73. The molecule has 118 valence electrons. The Morgan fingerprint density at radius 1 is 1.24 bits per heavy atom. The number of nitrogens with zero attached hydrogens (tertiary/aromatic N) is 2. The number of carboxylic acid groups (broad SMARTS) is 1. The number of methoxy groups -OCH3 is 1. The van der Waals surface area contributed by atoms with Crippen LogP contribution in [-0.4, -0.2) is 61.7 Å². The molecule has 0 aliphatic rings. The smallest absolute Gasteiger partial charge is 0.335 e. The van der Waals surface area contributed by atoms with Crippen LogP contribution in [0.5, 0.6) is 5.75 Å². The van der Waals surface area contributed by atoms with Crippen molar-refractivity contribution in [1.29, 1.82) is 0 Å². The Balaban J connectivity index is 2.89. The molecule has 0 amide bonds. The predicted octanol–water partition coefficient (Wildman–Crippen LogP) is 2.17. The predicted molar refractivity (Wildman–Crippen MR) is 84.1 cm³/mol. The van der Waals surface area contributed by atoms with Crippen molar-refractivity contribution in [3.8, 4) is 5.75 Å². The SMILES string of the molecule is CCCN(CCN(C)C)Cc1cc(C(=O)O)ccc1OC. The molecule has 1 rings (SSSR count). The van der Waals surface area contributed by atoms with Gasteiger partial charge in [0.1, 0.15) is 5.75 Å². The van der Waals surface area contributed by atoms with Gasteiger partial charge in [0, 0.05) is 25.2 Å². The molecule has 1 aromatic carbocycles. The third-order valence-electron chi connectivity index (χ3n) is 3.32. The zero-order valence-electron chi connectivity index (χ0n) is 13.4. The molecule has 0 bridgehead atoms. The van der Waals surface area contributed by atoms with E-state index in [4.69, 9.17) is 9.84 Å². The Morgan fingerprint density at radius 2 is 1.95 bits per heavy atom. The highest BCUT2D eigenvalue weighted by Crippen LogP contribution is 2.22. The van der Waals surface area contributed by atoms with Crippen LogP contribution in [0.3, 0.4) is 0 Å². The first kappa shape index (κ1) is 17.5. The van der Waals surface area contributed by atoms with E-state index in [0.29, 0.717) is 12.1 Å². The number of hydrogen-bond donors (Lipinski definition) is 1. The summed E-state index contributed by atoms with van der Waals surface area (Å²) >= 11 is 0. The fraction of sp³-hybridized carbons (Fsp3) is 0.562. The summed E-state index contributed by atoms with van der Waals surface area (Å²) in [6.07, 6.45) is 1.06. The number of carbonyl (C=O) groups is 1. The van der Waals surface area contributed by atoms with Crippen LogP contribution >= 0.6 is 0 Å². The zero-order chi connectivity index (χ0) is 15.8. The van der Waals surface area contributed by atoms with Crippen LogP contribution in [0.2, 0.25) is 0 Å². The monoisotopic (exact) mass is 294 g/mol. The van der Waals surface area contributed by atoms with Crippen molar-refractivity contribution in [1.82, 2.24) is 9.80 Å². The van der Waals surface area contributed by atoms with E-state index >= 15 is 0 Å². The maximum atomic E-state index is 11.1. The molecule has 0 atom stereocenters. The van der Waals surface area contributed by atoms with Gasteiger partial charge in [-0.15, -0.1) is 0 Å². The molecular weight excluding hydrogens is 268 g/mol. The zero-order valence-corrected chi connectivity index (χ0v) is 13.4. The molecule has 0 heterocycles. The number of ether oxygens (including phenoxy) is 1. The largest absolute Gasteiger partial charge is 0.496 e. The van der Waals surface area contributed by atoms with Crippen LogP contribution in [0.15, 0.2) is 18.2 Å². The van der Waals surface area contributed by atoms with Crippen LogP contribution in [0, 0.1) is 0 Å². The molecule has 0 spiro atoms. The lowest BCUT2D eigenvalue weighted by molar-refractivity contribution is 0.0696. The Bertz CT molecular complexity index is 461. The number of aromatic carboxylic acids is 1. The molecule has 5 heteroatoms. The Hall–Kier alpha value is -1.59. The minimum atomic E-state index is -0.908. The molecule has 0 saturated carbocycles. The number of carboxylic acids is 1. The van der Waals surface area contributed by atoms with Crippen molar-refractivity contribution in [3.63, 3.8) is 0 Å². The van der Waals surface area contributed by atoms with Crippen molar-refractivity contribution >= 4 is 5.97 Å². The molecule has 21 heavy (non-hydrogen) atoms. The molecule has 1 N–H and O–H groups in total. The molecule has 5 nitrogen and oxygen atoms in total. The van der Waals surface area contributed by atoms with Crippen LogP contribution in [0.1, 0.15) is 29.3 Å². The minimum Gasteiger partial charge on any atom is -0.496 e. The van der Waals surface area contributed by atoms with Gasteiger partial charge in [0.15, 0.2) is 0 Å². The van der Waals surface area contributed by atoms with Gasteiger partial charge in [-0.1, -0.05) is 6.92 Å². The van der Waals surface area contributed by atoms with Gasteiger partial charge in [0.2, 0.25) is 0 Å². The Morgan fingerprint density at radius 3 is 2.48 bits per heavy atom. The Labute approximate surface area is 127 Å². The molecule has 0 fully saturated rings. The highest BCUT2D eigenvalue weighted by molar-refractivity contribution is 5.88. The van der Waals surface area contributed by atoms with Gasteiger partial charge in [-0.05, 0) is 45.3 Å². The van der Waals surface area contributed by atoms with E-state index in [1.54, 1.807) is 25.3 Å². The topological polar surface area (TPSA) is 53.0 Å². The molecule has 0 unspecified atom stereocenters. The molecule has 0 aliphatic heterocycles. The van der Waals surface area contributed by atoms with Gasteiger partial charge in [0.25, 0.3) is 0 Å². The van der Waals surface area contributed by atoms with Gasteiger partial charge in [0.05, 0.1) is 12.7 Å². The molecule has 0 aliphatic carbocycles. The second kappa shape index (κ2) is 8.64. The lowest BCUT2D eigenvalue weighted by atomic mass is 10.1. The summed E-state index contributed by atoms with van der Waals surface area (Å²) in [6, 6.07) is 5.02. The maximum Gasteiger partial charge on any atom is 0.335 e. The first-order valence-corrected chi connectivity index (χ1v) is 7.25. The summed E-state index contributed by atoms with van der Waals surface area (Å²) in [5.41, 5.74) is 1.22. The quantitative estimate of drug-likeness (QED) is 0.756. The lowest BCUT2D eigenvalue weighted by Gasteiger charge is -2.24. The summed E-state index contributed by atoms with van der Waals surface area (Å²) in [6.45, 7) is 5.75. The van der Waals surface area contributed by atoms with Gasteiger partial charge in [-0.3, -0.25) is 4.90 Å². The summed E-state index contributed by atoms with van der Waals surface area (Å²) < 4.78 is 5.35. The van der Waals surface area contributed by atoms with Gasteiger partial charge < -0.3 is 14.7 Å². The standard InChI is InChI=1S/C16H26N2O3/c1-5-8-18(10-9-17(2)3)12-14-11-13(16(19)20)6-7-15(14)21-4/h6-7,11H,5,8-10,12H2,1-4H3,(H,19,20). The normalized spacial score (nSPS) is 11.1. The first-order chi connectivity index (χ1) is 9.97. The number of benzene rings is 1. The van der Waals surface area contributed by atoms with Crippen molar-refractivity contribution in [2.45, 2.75) is 19.9 Å². The van der Waals surface area contributed by atoms with Gasteiger partial charge >= 0.3 is 5.97 Å². The molecule has 0 saturated heterocycles. The van der Waals surface area contributed by atoms with Crippen LogP contribution in [0.4, 0.5) is 0 Å². The minimum absolute atomic E-state index is 0.301. The highest BCUT2D eigenvalue weighted by Gasteiger charge is 2.13. The third-order valence-corrected chi connectivity index (χ3v) is 3.32. The van der Waals surface area contributed by atoms with E-state index < -0.39 is 5.97 Å². The first-order valence-electron chi connectivity index (χ1n) is 7.25.